The summed E-state index contributed by atoms with van der Waals surface area (Å²) in [7, 11) is 0. The molecule has 70 valence electrons. The average Bonchev–Trinajstić information content (AvgIpc) is 2.57. The van der Waals surface area contributed by atoms with Crippen molar-refractivity contribution < 1.29 is 4.74 Å². The maximum absolute atomic E-state index is 5.95. The Morgan fingerprint density at radius 3 is 2.92 bits per heavy atom. The third-order valence-electron chi connectivity index (χ3n) is 3.94. The van der Waals surface area contributed by atoms with E-state index in [1.54, 1.807) is 0 Å². The molecule has 1 saturated carbocycles. The lowest BCUT2D eigenvalue weighted by Crippen LogP contribution is -2.22. The van der Waals surface area contributed by atoms with E-state index in [0.29, 0.717) is 0 Å². The van der Waals surface area contributed by atoms with Gasteiger partial charge < -0.3 is 4.74 Å². The van der Waals surface area contributed by atoms with E-state index >= 15 is 0 Å². The summed E-state index contributed by atoms with van der Waals surface area (Å²) in [4.78, 5) is 0. The average molecular weight is 168 g/mol. The lowest BCUT2D eigenvalue weighted by molar-refractivity contribution is 0.214. The zero-order valence-corrected chi connectivity index (χ0v) is 8.52. The summed E-state index contributed by atoms with van der Waals surface area (Å²) in [6.45, 7) is 6.93. The Bertz CT molecular complexity index is 185. The fourth-order valence-electron chi connectivity index (χ4n) is 2.99. The molecule has 0 N–H and O–H groups in total. The van der Waals surface area contributed by atoms with Gasteiger partial charge >= 0.3 is 0 Å². The number of epoxide rings is 1. The van der Waals surface area contributed by atoms with Crippen LogP contribution in [-0.4, -0.2) is 11.2 Å². The molecule has 2 rings (SSSR count). The van der Waals surface area contributed by atoms with Crippen molar-refractivity contribution in [1.29, 1.82) is 0 Å². The second-order valence-electron chi connectivity index (χ2n) is 4.88. The maximum atomic E-state index is 5.95. The van der Waals surface area contributed by atoms with E-state index in [1.165, 1.54) is 32.1 Å². The van der Waals surface area contributed by atoms with E-state index in [4.69, 9.17) is 4.74 Å². The molecule has 12 heavy (non-hydrogen) atoms. The van der Waals surface area contributed by atoms with Gasteiger partial charge in [0.1, 0.15) is 0 Å². The van der Waals surface area contributed by atoms with Crippen LogP contribution in [0.5, 0.6) is 0 Å². The summed E-state index contributed by atoms with van der Waals surface area (Å²) in [6.07, 6.45) is 6.54. The van der Waals surface area contributed by atoms with E-state index in [-0.39, 0.29) is 11.2 Å². The minimum Gasteiger partial charge on any atom is -0.363 e. The Balaban J connectivity index is 2.13. The summed E-state index contributed by atoms with van der Waals surface area (Å²) >= 11 is 0. The molecule has 1 nitrogen and oxygen atoms in total. The van der Waals surface area contributed by atoms with E-state index in [2.05, 4.69) is 20.8 Å². The summed E-state index contributed by atoms with van der Waals surface area (Å²) in [6, 6.07) is 0. The van der Waals surface area contributed by atoms with Gasteiger partial charge in [-0.05, 0) is 32.1 Å². The molecule has 3 atom stereocenters. The smallest absolute Gasteiger partial charge is 0.0977 e. The quantitative estimate of drug-likeness (QED) is 0.548. The summed E-state index contributed by atoms with van der Waals surface area (Å²) in [5, 5.41) is 0. The minimum atomic E-state index is 0.256. The molecule has 2 aliphatic rings. The van der Waals surface area contributed by atoms with Gasteiger partial charge in [-0.1, -0.05) is 26.7 Å². The number of rotatable bonds is 1. The molecule has 0 aromatic rings. The van der Waals surface area contributed by atoms with Crippen LogP contribution in [-0.2, 0) is 4.74 Å². The first kappa shape index (κ1) is 8.55. The van der Waals surface area contributed by atoms with Crippen LogP contribution in [0.4, 0.5) is 0 Å². The number of fused-ring (bicyclic) bond motifs is 1. The predicted molar refractivity (Wildman–Crippen MR) is 50.1 cm³/mol. The van der Waals surface area contributed by atoms with Gasteiger partial charge in [-0.3, -0.25) is 0 Å². The second-order valence-corrected chi connectivity index (χ2v) is 4.88. The normalized spacial score (nSPS) is 52.8. The number of hydrogen-bond acceptors (Lipinski definition) is 1. The predicted octanol–water partition coefficient (Wildman–Crippen LogP) is 3.13. The third kappa shape index (κ3) is 1.02. The second kappa shape index (κ2) is 2.47. The molecule has 0 amide bonds. The van der Waals surface area contributed by atoms with Gasteiger partial charge in [0.2, 0.25) is 0 Å². The summed E-state index contributed by atoms with van der Waals surface area (Å²) in [5.41, 5.74) is 0.537. The van der Waals surface area contributed by atoms with Crippen molar-refractivity contribution in [2.75, 3.05) is 0 Å². The van der Waals surface area contributed by atoms with E-state index in [1.807, 2.05) is 0 Å². The molecule has 1 aliphatic heterocycles. The topological polar surface area (TPSA) is 12.5 Å². The van der Waals surface area contributed by atoms with Crippen LogP contribution in [0.3, 0.4) is 0 Å². The molecular weight excluding hydrogens is 148 g/mol. The Morgan fingerprint density at radius 1 is 1.50 bits per heavy atom. The molecule has 1 heteroatoms. The molecular formula is C11H20O. The highest BCUT2D eigenvalue weighted by molar-refractivity contribution is 5.13. The first-order chi connectivity index (χ1) is 5.62. The zero-order chi connectivity index (χ0) is 8.82. The van der Waals surface area contributed by atoms with Crippen molar-refractivity contribution in [3.05, 3.63) is 0 Å². The van der Waals surface area contributed by atoms with Crippen LogP contribution >= 0.6 is 0 Å². The van der Waals surface area contributed by atoms with Crippen LogP contribution in [0.1, 0.15) is 52.9 Å². The molecule has 1 aliphatic carbocycles. The molecule has 0 bridgehead atoms. The molecule has 2 fully saturated rings. The third-order valence-corrected chi connectivity index (χ3v) is 3.94. The first-order valence-electron chi connectivity index (χ1n) is 5.32. The fraction of sp³-hybridized carbons (Fsp3) is 1.00. The number of ether oxygens (including phenoxy) is 1. The molecule has 0 aromatic heterocycles. The number of hydrogen-bond donors (Lipinski definition) is 0. The van der Waals surface area contributed by atoms with Gasteiger partial charge in [0.15, 0.2) is 0 Å². The van der Waals surface area contributed by atoms with E-state index < -0.39 is 0 Å². The lowest BCUT2D eigenvalue weighted by atomic mass is 9.85. The SMILES string of the molecule is CCC12CC(C)CCCC1(C)O2. The van der Waals surface area contributed by atoms with E-state index in [0.717, 1.165) is 5.92 Å². The minimum absolute atomic E-state index is 0.256. The molecule has 1 heterocycles. The van der Waals surface area contributed by atoms with Crippen LogP contribution in [0, 0.1) is 5.92 Å². The molecule has 1 saturated heterocycles. The van der Waals surface area contributed by atoms with Crippen molar-refractivity contribution >= 4 is 0 Å². The van der Waals surface area contributed by atoms with E-state index in [9.17, 15) is 0 Å². The van der Waals surface area contributed by atoms with Crippen molar-refractivity contribution in [1.82, 2.24) is 0 Å². The van der Waals surface area contributed by atoms with Gasteiger partial charge in [-0.2, -0.15) is 0 Å². The Morgan fingerprint density at radius 2 is 2.25 bits per heavy atom. The Kier molecular flexibility index (Phi) is 1.76. The largest absolute Gasteiger partial charge is 0.363 e. The Hall–Kier alpha value is -0.0400. The van der Waals surface area contributed by atoms with Crippen molar-refractivity contribution in [3.8, 4) is 0 Å². The molecule has 0 radical (unpaired) electrons. The standard InChI is InChI=1S/C11H20O/c1-4-11-8-9(2)6-5-7-10(11,3)12-11/h9H,4-8H2,1-3H3. The highest BCUT2D eigenvalue weighted by Gasteiger charge is 2.65. The highest BCUT2D eigenvalue weighted by Crippen LogP contribution is 2.58. The van der Waals surface area contributed by atoms with Gasteiger partial charge in [0.05, 0.1) is 11.2 Å². The molecule has 0 spiro atoms. The van der Waals surface area contributed by atoms with Crippen LogP contribution in [0.15, 0.2) is 0 Å². The van der Waals surface area contributed by atoms with Gasteiger partial charge in [0.25, 0.3) is 0 Å². The summed E-state index contributed by atoms with van der Waals surface area (Å²) in [5.74, 6) is 0.870. The monoisotopic (exact) mass is 168 g/mol. The van der Waals surface area contributed by atoms with Gasteiger partial charge in [-0.15, -0.1) is 0 Å². The van der Waals surface area contributed by atoms with Crippen LogP contribution < -0.4 is 0 Å². The summed E-state index contributed by atoms with van der Waals surface area (Å²) < 4.78 is 5.95. The van der Waals surface area contributed by atoms with Crippen molar-refractivity contribution in [2.45, 2.75) is 64.1 Å². The fourth-order valence-corrected chi connectivity index (χ4v) is 2.99. The van der Waals surface area contributed by atoms with Crippen molar-refractivity contribution in [2.24, 2.45) is 5.92 Å². The zero-order valence-electron chi connectivity index (χ0n) is 8.52. The van der Waals surface area contributed by atoms with Gasteiger partial charge in [0, 0.05) is 0 Å². The van der Waals surface area contributed by atoms with Crippen LogP contribution in [0.2, 0.25) is 0 Å². The highest BCUT2D eigenvalue weighted by atomic mass is 16.6. The van der Waals surface area contributed by atoms with Crippen molar-refractivity contribution in [3.63, 3.8) is 0 Å². The first-order valence-corrected chi connectivity index (χ1v) is 5.32. The van der Waals surface area contributed by atoms with Crippen LogP contribution in [0.25, 0.3) is 0 Å². The maximum Gasteiger partial charge on any atom is 0.0977 e. The Labute approximate surface area is 75.5 Å². The molecule has 0 aromatic carbocycles. The van der Waals surface area contributed by atoms with Gasteiger partial charge in [-0.25, -0.2) is 0 Å². The molecule has 3 unspecified atom stereocenters. The lowest BCUT2D eigenvalue weighted by Gasteiger charge is -2.14.